The predicted octanol–water partition coefficient (Wildman–Crippen LogP) is 3.43. The average molecular weight is 345 g/mol. The van der Waals surface area contributed by atoms with Gasteiger partial charge < -0.3 is 14.0 Å². The molecular weight excluding hydrogens is 319 g/mol. The largest absolute Gasteiger partial charge is 0.492 e. The molecule has 0 bridgehead atoms. The Hall–Kier alpha value is -1.15. The maximum absolute atomic E-state index is 14.1. The average Bonchev–Trinajstić information content (AvgIpc) is 2.54. The van der Waals surface area contributed by atoms with Gasteiger partial charge in [-0.1, -0.05) is 0 Å². The molecule has 1 fully saturated rings. The number of amides is 1. The quantitative estimate of drug-likeness (QED) is 0.683. The fraction of sp³-hybridized carbons (Fsp3) is 0.812. The van der Waals surface area contributed by atoms with E-state index in [1.807, 2.05) is 27.7 Å². The third kappa shape index (κ3) is 4.09. The molecule has 2 rings (SSSR count). The minimum atomic E-state index is -3.16. The fourth-order valence-electron chi connectivity index (χ4n) is 2.49. The van der Waals surface area contributed by atoms with Gasteiger partial charge in [-0.05, 0) is 60.0 Å². The monoisotopic (exact) mass is 345 g/mol. The number of ether oxygens (including phenoxy) is 1. The standard InChI is InChI=1S/C16H26BF2NO4/c1-13(2,3)22-12(21)20-9-11(8-16(18,19)10-20)17-23-14(4,5)15(6,7)24-17/h8H,9-10H2,1-7H3. The Labute approximate surface area is 142 Å². The Morgan fingerprint density at radius 2 is 1.71 bits per heavy atom. The molecule has 136 valence electrons. The van der Waals surface area contributed by atoms with Crippen molar-refractivity contribution in [3.05, 3.63) is 11.5 Å². The highest BCUT2D eigenvalue weighted by molar-refractivity contribution is 6.54. The van der Waals surface area contributed by atoms with Crippen LogP contribution in [0.25, 0.3) is 0 Å². The van der Waals surface area contributed by atoms with Crippen LogP contribution in [-0.4, -0.2) is 53.9 Å². The zero-order valence-corrected chi connectivity index (χ0v) is 15.4. The van der Waals surface area contributed by atoms with Gasteiger partial charge in [-0.15, -0.1) is 0 Å². The van der Waals surface area contributed by atoms with Crippen LogP contribution in [0.1, 0.15) is 48.5 Å². The third-order valence-corrected chi connectivity index (χ3v) is 4.38. The molecule has 24 heavy (non-hydrogen) atoms. The summed E-state index contributed by atoms with van der Waals surface area (Å²) in [5, 5.41) is 0. The van der Waals surface area contributed by atoms with Gasteiger partial charge >= 0.3 is 13.2 Å². The molecule has 0 aromatic rings. The van der Waals surface area contributed by atoms with Gasteiger partial charge in [0, 0.05) is 6.54 Å². The predicted molar refractivity (Wildman–Crippen MR) is 86.9 cm³/mol. The van der Waals surface area contributed by atoms with Crippen molar-refractivity contribution >= 4 is 13.2 Å². The molecular formula is C16H26BF2NO4. The van der Waals surface area contributed by atoms with E-state index in [0.29, 0.717) is 0 Å². The topological polar surface area (TPSA) is 48.0 Å². The number of nitrogens with zero attached hydrogens (tertiary/aromatic N) is 1. The molecule has 2 heterocycles. The van der Waals surface area contributed by atoms with Crippen LogP contribution in [0.15, 0.2) is 11.5 Å². The summed E-state index contributed by atoms with van der Waals surface area (Å²) in [6.45, 7) is 11.7. The van der Waals surface area contributed by atoms with Crippen molar-refractivity contribution in [2.75, 3.05) is 13.1 Å². The van der Waals surface area contributed by atoms with Gasteiger partial charge in [0.05, 0.1) is 17.7 Å². The van der Waals surface area contributed by atoms with Crippen LogP contribution in [-0.2, 0) is 14.0 Å². The summed E-state index contributed by atoms with van der Waals surface area (Å²) >= 11 is 0. The second kappa shape index (κ2) is 5.69. The van der Waals surface area contributed by atoms with E-state index >= 15 is 0 Å². The van der Waals surface area contributed by atoms with E-state index in [9.17, 15) is 13.6 Å². The summed E-state index contributed by atoms with van der Waals surface area (Å²) in [5.74, 6) is -3.16. The molecule has 8 heteroatoms. The van der Waals surface area contributed by atoms with E-state index in [1.165, 1.54) is 0 Å². The number of carbonyl (C=O) groups excluding carboxylic acids is 1. The van der Waals surface area contributed by atoms with E-state index < -0.39 is 42.5 Å². The van der Waals surface area contributed by atoms with Crippen molar-refractivity contribution in [3.63, 3.8) is 0 Å². The van der Waals surface area contributed by atoms with Crippen LogP contribution in [0.2, 0.25) is 0 Å². The molecule has 0 aliphatic carbocycles. The molecule has 0 spiro atoms. The molecule has 0 atom stereocenters. The van der Waals surface area contributed by atoms with Crippen molar-refractivity contribution in [1.82, 2.24) is 4.90 Å². The maximum atomic E-state index is 14.1. The highest BCUT2D eigenvalue weighted by Crippen LogP contribution is 2.40. The van der Waals surface area contributed by atoms with Crippen molar-refractivity contribution in [3.8, 4) is 0 Å². The van der Waals surface area contributed by atoms with Gasteiger partial charge in [0.1, 0.15) is 5.60 Å². The number of rotatable bonds is 1. The molecule has 5 nitrogen and oxygen atoms in total. The second-order valence-corrected chi connectivity index (χ2v) is 8.40. The zero-order valence-electron chi connectivity index (χ0n) is 15.4. The highest BCUT2D eigenvalue weighted by atomic mass is 19.3. The summed E-state index contributed by atoms with van der Waals surface area (Å²) in [6.07, 6.45) is 0.0695. The SMILES string of the molecule is CC(C)(C)OC(=O)N1CC(B2OC(C)(C)C(C)(C)O2)=CC(F)(F)C1. The number of alkyl halides is 2. The Morgan fingerprint density at radius 3 is 2.17 bits per heavy atom. The first-order valence-electron chi connectivity index (χ1n) is 8.05. The van der Waals surface area contributed by atoms with Crippen LogP contribution < -0.4 is 0 Å². The minimum absolute atomic E-state index is 0.0126. The Balaban J connectivity index is 2.20. The Bertz CT molecular complexity index is 539. The normalized spacial score (nSPS) is 25.5. The first-order chi connectivity index (χ1) is 10.6. The van der Waals surface area contributed by atoms with Gasteiger partial charge in [0.2, 0.25) is 0 Å². The summed E-state index contributed by atoms with van der Waals surface area (Å²) in [6, 6.07) is 0. The van der Waals surface area contributed by atoms with E-state index in [2.05, 4.69) is 0 Å². The van der Waals surface area contributed by atoms with Gasteiger partial charge in [0.15, 0.2) is 0 Å². The van der Waals surface area contributed by atoms with Crippen LogP contribution in [0.3, 0.4) is 0 Å². The van der Waals surface area contributed by atoms with Crippen LogP contribution in [0, 0.1) is 0 Å². The molecule has 0 radical (unpaired) electrons. The molecule has 1 saturated heterocycles. The second-order valence-electron chi connectivity index (χ2n) is 8.40. The summed E-state index contributed by atoms with van der Waals surface area (Å²) < 4.78 is 45.1. The lowest BCUT2D eigenvalue weighted by Crippen LogP contribution is -2.49. The van der Waals surface area contributed by atoms with E-state index in [0.717, 1.165) is 11.0 Å². The highest BCUT2D eigenvalue weighted by Gasteiger charge is 2.54. The maximum Gasteiger partial charge on any atom is 0.492 e. The zero-order chi connectivity index (χ0) is 18.6. The molecule has 0 N–H and O–H groups in total. The van der Waals surface area contributed by atoms with Crippen LogP contribution in [0.5, 0.6) is 0 Å². The first kappa shape index (κ1) is 19.2. The van der Waals surface area contributed by atoms with Crippen molar-refractivity contribution in [2.24, 2.45) is 0 Å². The third-order valence-electron chi connectivity index (χ3n) is 4.38. The van der Waals surface area contributed by atoms with Crippen molar-refractivity contribution in [2.45, 2.75) is 71.2 Å². The first-order valence-corrected chi connectivity index (χ1v) is 8.05. The Morgan fingerprint density at radius 1 is 1.21 bits per heavy atom. The molecule has 0 saturated carbocycles. The fourth-order valence-corrected chi connectivity index (χ4v) is 2.49. The smallest absolute Gasteiger partial charge is 0.444 e. The van der Waals surface area contributed by atoms with Gasteiger partial charge in [-0.3, -0.25) is 4.90 Å². The lowest BCUT2D eigenvalue weighted by atomic mass is 9.75. The molecule has 0 aromatic carbocycles. The number of hydrogen-bond donors (Lipinski definition) is 0. The molecule has 2 aliphatic heterocycles. The molecule has 0 unspecified atom stereocenters. The van der Waals surface area contributed by atoms with Crippen LogP contribution >= 0.6 is 0 Å². The number of hydrogen-bond acceptors (Lipinski definition) is 4. The van der Waals surface area contributed by atoms with Gasteiger partial charge in [0.25, 0.3) is 5.92 Å². The van der Waals surface area contributed by atoms with E-state index in [1.54, 1.807) is 20.8 Å². The summed E-state index contributed by atoms with van der Waals surface area (Å²) in [7, 11) is -0.911. The molecule has 2 aliphatic rings. The van der Waals surface area contributed by atoms with E-state index in [4.69, 9.17) is 14.0 Å². The lowest BCUT2D eigenvalue weighted by molar-refractivity contribution is -0.0175. The lowest BCUT2D eigenvalue weighted by Gasteiger charge is -2.34. The van der Waals surface area contributed by atoms with Crippen LogP contribution in [0.4, 0.5) is 13.6 Å². The van der Waals surface area contributed by atoms with Gasteiger partial charge in [-0.25, -0.2) is 13.6 Å². The summed E-state index contributed by atoms with van der Waals surface area (Å²) in [4.78, 5) is 13.2. The Kier molecular flexibility index (Phi) is 4.55. The molecule has 0 aromatic heterocycles. The number of carbonyl (C=O) groups is 1. The summed E-state index contributed by atoms with van der Waals surface area (Å²) in [5.41, 5.74) is -1.79. The number of halogens is 2. The van der Waals surface area contributed by atoms with E-state index in [-0.39, 0.29) is 12.0 Å². The van der Waals surface area contributed by atoms with Crippen molar-refractivity contribution in [1.29, 1.82) is 0 Å². The van der Waals surface area contributed by atoms with Crippen molar-refractivity contribution < 1.29 is 27.6 Å². The van der Waals surface area contributed by atoms with Gasteiger partial charge in [-0.2, -0.15) is 0 Å². The minimum Gasteiger partial charge on any atom is -0.444 e. The molecule has 1 amide bonds.